The maximum absolute atomic E-state index is 11.0. The molecule has 1 heterocycles. The lowest BCUT2D eigenvalue weighted by atomic mass is 9.87. The van der Waals surface area contributed by atoms with Crippen molar-refractivity contribution in [1.29, 1.82) is 0 Å². The van der Waals surface area contributed by atoms with Gasteiger partial charge in [0.25, 0.3) is 5.69 Å². The molecule has 1 aliphatic heterocycles. The first-order chi connectivity index (χ1) is 13.1. The fraction of sp³-hybridized carbons (Fsp3) is 0.182. The fourth-order valence-electron chi connectivity index (χ4n) is 3.82. The van der Waals surface area contributed by atoms with Crippen molar-refractivity contribution in [2.45, 2.75) is 19.0 Å². The molecule has 0 aliphatic carbocycles. The van der Waals surface area contributed by atoms with Crippen molar-refractivity contribution in [3.05, 3.63) is 105 Å². The fourth-order valence-corrected chi connectivity index (χ4v) is 3.82. The molecule has 0 bridgehead atoms. The summed E-state index contributed by atoms with van der Waals surface area (Å²) >= 11 is 0. The Morgan fingerprint density at radius 3 is 2.48 bits per heavy atom. The number of hydrogen-bond acceptors (Lipinski definition) is 4. The number of hydrogen-bond donors (Lipinski definition) is 1. The molecule has 0 saturated heterocycles. The highest BCUT2D eigenvalue weighted by molar-refractivity contribution is 5.45. The Hall–Kier alpha value is -3.18. The summed E-state index contributed by atoms with van der Waals surface area (Å²) < 4.78 is 0. The highest BCUT2D eigenvalue weighted by Gasteiger charge is 2.29. The lowest BCUT2D eigenvalue weighted by Gasteiger charge is -2.38. The van der Waals surface area contributed by atoms with Crippen LogP contribution in [0.15, 0.2) is 72.8 Å². The predicted octanol–water partition coefficient (Wildman–Crippen LogP) is 4.45. The van der Waals surface area contributed by atoms with Crippen molar-refractivity contribution < 1.29 is 10.0 Å². The SMILES string of the molecule is O=[N+]([O-])c1ccc(C2c3ccc(O)cc3CCN2Cc2ccccc2)cc1. The third-order valence-electron chi connectivity index (χ3n) is 5.10. The first kappa shape index (κ1) is 17.2. The third-order valence-corrected chi connectivity index (χ3v) is 5.10. The maximum Gasteiger partial charge on any atom is 0.269 e. The summed E-state index contributed by atoms with van der Waals surface area (Å²) in [6.45, 7) is 1.65. The molecule has 0 saturated carbocycles. The van der Waals surface area contributed by atoms with Crippen LogP contribution in [-0.4, -0.2) is 21.5 Å². The van der Waals surface area contributed by atoms with Gasteiger partial charge in [-0.15, -0.1) is 0 Å². The van der Waals surface area contributed by atoms with Gasteiger partial charge in [-0.05, 0) is 40.8 Å². The Balaban J connectivity index is 1.74. The molecule has 1 N–H and O–H groups in total. The molecule has 136 valence electrons. The normalized spacial score (nSPS) is 16.7. The first-order valence-electron chi connectivity index (χ1n) is 8.96. The number of aromatic hydroxyl groups is 1. The van der Waals surface area contributed by atoms with Crippen LogP contribution in [0.25, 0.3) is 0 Å². The van der Waals surface area contributed by atoms with Crippen molar-refractivity contribution in [2.24, 2.45) is 0 Å². The van der Waals surface area contributed by atoms with Gasteiger partial charge in [-0.25, -0.2) is 0 Å². The summed E-state index contributed by atoms with van der Waals surface area (Å²) in [7, 11) is 0. The highest BCUT2D eigenvalue weighted by atomic mass is 16.6. The molecule has 0 amide bonds. The Kier molecular flexibility index (Phi) is 4.60. The number of phenols is 1. The summed E-state index contributed by atoms with van der Waals surface area (Å²) in [6, 6.07) is 22.6. The Labute approximate surface area is 157 Å². The van der Waals surface area contributed by atoms with E-state index in [-0.39, 0.29) is 22.4 Å². The van der Waals surface area contributed by atoms with Gasteiger partial charge in [0.1, 0.15) is 5.75 Å². The topological polar surface area (TPSA) is 66.6 Å². The molecule has 3 aromatic carbocycles. The number of fused-ring (bicyclic) bond motifs is 1. The molecule has 0 spiro atoms. The number of phenolic OH excluding ortho intramolecular Hbond substituents is 1. The zero-order chi connectivity index (χ0) is 18.8. The standard InChI is InChI=1S/C22H20N2O3/c25-20-10-11-21-18(14-20)12-13-23(15-16-4-2-1-3-5-16)22(21)17-6-8-19(9-7-17)24(26)27/h1-11,14,22,25H,12-13,15H2. The Morgan fingerprint density at radius 2 is 1.78 bits per heavy atom. The Bertz CT molecular complexity index is 955. The summed E-state index contributed by atoms with van der Waals surface area (Å²) in [6.07, 6.45) is 0.861. The van der Waals surface area contributed by atoms with E-state index in [1.807, 2.05) is 42.5 Å². The Morgan fingerprint density at radius 1 is 1.04 bits per heavy atom. The number of rotatable bonds is 4. The van der Waals surface area contributed by atoms with Crippen LogP contribution in [0.2, 0.25) is 0 Å². The smallest absolute Gasteiger partial charge is 0.269 e. The molecule has 5 heteroatoms. The second kappa shape index (κ2) is 7.21. The summed E-state index contributed by atoms with van der Waals surface area (Å²) in [5.41, 5.74) is 4.61. The van der Waals surface area contributed by atoms with Gasteiger partial charge in [0, 0.05) is 25.2 Å². The van der Waals surface area contributed by atoms with Crippen LogP contribution in [-0.2, 0) is 13.0 Å². The van der Waals surface area contributed by atoms with Crippen LogP contribution >= 0.6 is 0 Å². The van der Waals surface area contributed by atoms with E-state index < -0.39 is 0 Å². The molecule has 0 fully saturated rings. The molecular weight excluding hydrogens is 340 g/mol. The summed E-state index contributed by atoms with van der Waals surface area (Å²) in [4.78, 5) is 13.0. The number of nitrogens with zero attached hydrogens (tertiary/aromatic N) is 2. The van der Waals surface area contributed by atoms with E-state index in [4.69, 9.17) is 0 Å². The van der Waals surface area contributed by atoms with Gasteiger partial charge in [-0.3, -0.25) is 15.0 Å². The molecular formula is C22H20N2O3. The molecule has 1 aliphatic rings. The van der Waals surface area contributed by atoms with E-state index >= 15 is 0 Å². The van der Waals surface area contributed by atoms with Gasteiger partial charge in [-0.1, -0.05) is 48.5 Å². The van der Waals surface area contributed by atoms with E-state index in [2.05, 4.69) is 17.0 Å². The van der Waals surface area contributed by atoms with Gasteiger partial charge in [0.15, 0.2) is 0 Å². The monoisotopic (exact) mass is 360 g/mol. The van der Waals surface area contributed by atoms with E-state index in [0.717, 1.165) is 36.2 Å². The van der Waals surface area contributed by atoms with Crippen molar-refractivity contribution in [1.82, 2.24) is 4.90 Å². The van der Waals surface area contributed by atoms with Crippen molar-refractivity contribution in [3.63, 3.8) is 0 Å². The van der Waals surface area contributed by atoms with E-state index in [1.54, 1.807) is 18.2 Å². The molecule has 1 atom stereocenters. The molecule has 5 nitrogen and oxygen atoms in total. The minimum absolute atomic E-state index is 0.00430. The van der Waals surface area contributed by atoms with Crippen LogP contribution < -0.4 is 0 Å². The zero-order valence-electron chi connectivity index (χ0n) is 14.8. The minimum Gasteiger partial charge on any atom is -0.508 e. The molecule has 3 aromatic rings. The quantitative estimate of drug-likeness (QED) is 0.551. The van der Waals surface area contributed by atoms with Crippen LogP contribution in [0.4, 0.5) is 5.69 Å². The van der Waals surface area contributed by atoms with Crippen molar-refractivity contribution in [3.8, 4) is 5.75 Å². The van der Waals surface area contributed by atoms with E-state index in [0.29, 0.717) is 0 Å². The minimum atomic E-state index is -0.377. The van der Waals surface area contributed by atoms with Crippen LogP contribution in [0, 0.1) is 10.1 Å². The van der Waals surface area contributed by atoms with Crippen LogP contribution in [0.3, 0.4) is 0 Å². The van der Waals surface area contributed by atoms with Gasteiger partial charge in [0.2, 0.25) is 0 Å². The highest BCUT2D eigenvalue weighted by Crippen LogP contribution is 2.37. The van der Waals surface area contributed by atoms with Gasteiger partial charge >= 0.3 is 0 Å². The van der Waals surface area contributed by atoms with Gasteiger partial charge in [0.05, 0.1) is 11.0 Å². The molecule has 4 rings (SSSR count). The zero-order valence-corrected chi connectivity index (χ0v) is 14.8. The molecule has 0 aromatic heterocycles. The lowest BCUT2D eigenvalue weighted by molar-refractivity contribution is -0.384. The average Bonchev–Trinajstić information content (AvgIpc) is 2.69. The maximum atomic E-state index is 11.0. The van der Waals surface area contributed by atoms with Gasteiger partial charge in [-0.2, -0.15) is 0 Å². The van der Waals surface area contributed by atoms with Crippen LogP contribution in [0.1, 0.15) is 28.3 Å². The lowest BCUT2D eigenvalue weighted by Crippen LogP contribution is -2.35. The largest absolute Gasteiger partial charge is 0.508 e. The average molecular weight is 360 g/mol. The number of nitro benzene ring substituents is 1. The van der Waals surface area contributed by atoms with E-state index in [9.17, 15) is 15.2 Å². The second-order valence-electron chi connectivity index (χ2n) is 6.84. The number of benzene rings is 3. The molecule has 27 heavy (non-hydrogen) atoms. The van der Waals surface area contributed by atoms with Crippen molar-refractivity contribution >= 4 is 5.69 Å². The third kappa shape index (κ3) is 3.55. The predicted molar refractivity (Wildman–Crippen MR) is 104 cm³/mol. The van der Waals surface area contributed by atoms with E-state index in [1.165, 1.54) is 5.56 Å². The molecule has 1 unspecified atom stereocenters. The van der Waals surface area contributed by atoms with Crippen molar-refractivity contribution in [2.75, 3.05) is 6.54 Å². The number of nitro groups is 1. The summed E-state index contributed by atoms with van der Waals surface area (Å²) in [5, 5.41) is 20.9. The van der Waals surface area contributed by atoms with Crippen LogP contribution in [0.5, 0.6) is 5.75 Å². The second-order valence-corrected chi connectivity index (χ2v) is 6.84. The molecule has 0 radical (unpaired) electrons. The van der Waals surface area contributed by atoms with Gasteiger partial charge < -0.3 is 5.11 Å². The first-order valence-corrected chi connectivity index (χ1v) is 8.96. The number of non-ortho nitro benzene ring substituents is 1. The summed E-state index contributed by atoms with van der Waals surface area (Å²) in [5.74, 6) is 0.271.